The number of carbonyl (C=O) groups is 1. The van der Waals surface area contributed by atoms with Gasteiger partial charge in [0.1, 0.15) is 0 Å². The van der Waals surface area contributed by atoms with Gasteiger partial charge in [0.05, 0.1) is 6.10 Å². The van der Waals surface area contributed by atoms with Crippen molar-refractivity contribution >= 4 is 5.97 Å². The second-order valence-electron chi connectivity index (χ2n) is 4.85. The molecule has 1 fully saturated rings. The van der Waals surface area contributed by atoms with Gasteiger partial charge in [-0.1, -0.05) is 6.92 Å². The van der Waals surface area contributed by atoms with E-state index in [0.717, 1.165) is 13.0 Å². The normalized spacial score (nSPS) is 31.0. The molecule has 0 saturated carbocycles. The van der Waals surface area contributed by atoms with Crippen molar-refractivity contribution in [3.63, 3.8) is 0 Å². The van der Waals surface area contributed by atoms with Gasteiger partial charge in [0.25, 0.3) is 0 Å². The van der Waals surface area contributed by atoms with Crippen LogP contribution in [0.3, 0.4) is 0 Å². The van der Waals surface area contributed by atoms with Crippen molar-refractivity contribution in [3.8, 4) is 0 Å². The second-order valence-corrected chi connectivity index (χ2v) is 4.85. The van der Waals surface area contributed by atoms with Gasteiger partial charge in [-0.15, -0.1) is 0 Å². The standard InChI is InChI=1S/C11H21NO4/c1-8-4-5-12(6-9(8)16-3)7-11(2,15)10(13)14/h8-9,15H,4-7H2,1-3H3,(H,13,14). The molecule has 5 nitrogen and oxygen atoms in total. The fourth-order valence-corrected chi connectivity index (χ4v) is 2.05. The number of rotatable bonds is 4. The number of ether oxygens (including phenoxy) is 1. The van der Waals surface area contributed by atoms with Crippen molar-refractivity contribution in [1.29, 1.82) is 0 Å². The Morgan fingerprint density at radius 3 is 2.75 bits per heavy atom. The molecule has 1 aliphatic heterocycles. The molecular weight excluding hydrogens is 210 g/mol. The van der Waals surface area contributed by atoms with Gasteiger partial charge >= 0.3 is 5.97 Å². The first-order valence-electron chi connectivity index (χ1n) is 5.57. The SMILES string of the molecule is COC1CN(CC(C)(O)C(=O)O)CCC1C. The molecule has 0 amide bonds. The van der Waals surface area contributed by atoms with Crippen molar-refractivity contribution in [2.45, 2.75) is 32.0 Å². The molecule has 0 aromatic rings. The van der Waals surface area contributed by atoms with E-state index in [1.165, 1.54) is 6.92 Å². The Labute approximate surface area is 96.0 Å². The van der Waals surface area contributed by atoms with Crippen LogP contribution in [-0.2, 0) is 9.53 Å². The molecule has 3 atom stereocenters. The van der Waals surface area contributed by atoms with E-state index in [1.807, 2.05) is 4.90 Å². The molecule has 5 heteroatoms. The molecule has 1 rings (SSSR count). The fourth-order valence-electron chi connectivity index (χ4n) is 2.05. The van der Waals surface area contributed by atoms with Crippen molar-refractivity contribution in [2.75, 3.05) is 26.7 Å². The van der Waals surface area contributed by atoms with Crippen molar-refractivity contribution in [3.05, 3.63) is 0 Å². The number of nitrogens with zero attached hydrogens (tertiary/aromatic N) is 1. The first-order valence-corrected chi connectivity index (χ1v) is 5.57. The van der Waals surface area contributed by atoms with Crippen LogP contribution in [0.1, 0.15) is 20.3 Å². The van der Waals surface area contributed by atoms with E-state index in [-0.39, 0.29) is 12.6 Å². The van der Waals surface area contributed by atoms with Crippen LogP contribution < -0.4 is 0 Å². The molecule has 0 bridgehead atoms. The Kier molecular flexibility index (Phi) is 4.29. The van der Waals surface area contributed by atoms with E-state index >= 15 is 0 Å². The molecule has 2 N–H and O–H groups in total. The molecule has 94 valence electrons. The quantitative estimate of drug-likeness (QED) is 0.722. The number of β-amino-alcohol motifs (C(OH)–C–C–N with tert-alkyl or cyclic N) is 1. The van der Waals surface area contributed by atoms with E-state index in [4.69, 9.17) is 9.84 Å². The molecule has 16 heavy (non-hydrogen) atoms. The van der Waals surface area contributed by atoms with E-state index in [0.29, 0.717) is 12.5 Å². The van der Waals surface area contributed by atoms with Gasteiger partial charge in [0.2, 0.25) is 0 Å². The number of hydrogen-bond donors (Lipinski definition) is 2. The van der Waals surface area contributed by atoms with Crippen molar-refractivity contribution in [1.82, 2.24) is 4.90 Å². The molecule has 1 heterocycles. The number of hydrogen-bond acceptors (Lipinski definition) is 4. The topological polar surface area (TPSA) is 70.0 Å². The zero-order valence-corrected chi connectivity index (χ0v) is 10.1. The summed E-state index contributed by atoms with van der Waals surface area (Å²) in [5.41, 5.74) is -1.68. The molecular formula is C11H21NO4. The van der Waals surface area contributed by atoms with Crippen LogP contribution >= 0.6 is 0 Å². The maximum atomic E-state index is 10.8. The van der Waals surface area contributed by atoms with Crippen LogP contribution in [0.15, 0.2) is 0 Å². The van der Waals surface area contributed by atoms with Gasteiger partial charge in [-0.2, -0.15) is 0 Å². The Balaban J connectivity index is 2.53. The average molecular weight is 231 g/mol. The van der Waals surface area contributed by atoms with Gasteiger partial charge < -0.3 is 14.9 Å². The van der Waals surface area contributed by atoms with Crippen LogP contribution in [0.5, 0.6) is 0 Å². The Morgan fingerprint density at radius 1 is 1.62 bits per heavy atom. The van der Waals surface area contributed by atoms with Gasteiger partial charge in [0, 0.05) is 20.2 Å². The van der Waals surface area contributed by atoms with Gasteiger partial charge in [-0.05, 0) is 25.8 Å². The number of methoxy groups -OCH3 is 1. The molecule has 0 aromatic heterocycles. The lowest BCUT2D eigenvalue weighted by Crippen LogP contribution is -2.52. The number of carboxylic acids is 1. The zero-order chi connectivity index (χ0) is 12.3. The summed E-state index contributed by atoms with van der Waals surface area (Å²) < 4.78 is 5.34. The second kappa shape index (κ2) is 5.12. The summed E-state index contributed by atoms with van der Waals surface area (Å²) in [5, 5.41) is 18.5. The minimum atomic E-state index is -1.68. The first-order chi connectivity index (χ1) is 7.36. The summed E-state index contributed by atoms with van der Waals surface area (Å²) in [7, 11) is 1.67. The summed E-state index contributed by atoms with van der Waals surface area (Å²) >= 11 is 0. The number of piperidine rings is 1. The average Bonchev–Trinajstić information content (AvgIpc) is 2.20. The third-order valence-corrected chi connectivity index (χ3v) is 3.27. The highest BCUT2D eigenvalue weighted by Crippen LogP contribution is 2.21. The van der Waals surface area contributed by atoms with Crippen molar-refractivity contribution in [2.24, 2.45) is 5.92 Å². The van der Waals surface area contributed by atoms with Gasteiger partial charge in [0.15, 0.2) is 5.60 Å². The summed E-state index contributed by atoms with van der Waals surface area (Å²) in [4.78, 5) is 12.7. The molecule has 0 spiro atoms. The predicted octanol–water partition coefficient (Wildman–Crippen LogP) is 0.179. The lowest BCUT2D eigenvalue weighted by molar-refractivity contribution is -0.159. The van der Waals surface area contributed by atoms with Crippen LogP contribution in [0.25, 0.3) is 0 Å². The highest BCUT2D eigenvalue weighted by Gasteiger charge is 2.35. The molecule has 1 saturated heterocycles. The number of aliphatic hydroxyl groups is 1. The fraction of sp³-hybridized carbons (Fsp3) is 0.909. The van der Waals surface area contributed by atoms with Crippen LogP contribution in [0.2, 0.25) is 0 Å². The number of likely N-dealkylation sites (tertiary alicyclic amines) is 1. The van der Waals surface area contributed by atoms with Crippen LogP contribution in [-0.4, -0.2) is 59.5 Å². The van der Waals surface area contributed by atoms with Crippen LogP contribution in [0.4, 0.5) is 0 Å². The Morgan fingerprint density at radius 2 is 2.25 bits per heavy atom. The molecule has 3 unspecified atom stereocenters. The largest absolute Gasteiger partial charge is 0.479 e. The molecule has 1 aliphatic rings. The summed E-state index contributed by atoms with van der Waals surface area (Å²) in [6, 6.07) is 0. The van der Waals surface area contributed by atoms with E-state index in [2.05, 4.69) is 6.92 Å². The van der Waals surface area contributed by atoms with Gasteiger partial charge in [-0.3, -0.25) is 4.90 Å². The third kappa shape index (κ3) is 3.17. The number of carboxylic acid groups (broad SMARTS) is 1. The third-order valence-electron chi connectivity index (χ3n) is 3.27. The smallest absolute Gasteiger partial charge is 0.336 e. The Hall–Kier alpha value is -0.650. The van der Waals surface area contributed by atoms with E-state index < -0.39 is 11.6 Å². The first kappa shape index (κ1) is 13.4. The highest BCUT2D eigenvalue weighted by molar-refractivity contribution is 5.76. The van der Waals surface area contributed by atoms with Crippen molar-refractivity contribution < 1.29 is 19.7 Å². The lowest BCUT2D eigenvalue weighted by Gasteiger charge is -2.38. The van der Waals surface area contributed by atoms with Crippen LogP contribution in [0, 0.1) is 5.92 Å². The lowest BCUT2D eigenvalue weighted by atomic mass is 9.94. The van der Waals surface area contributed by atoms with Gasteiger partial charge in [-0.25, -0.2) is 4.79 Å². The number of aliphatic carboxylic acids is 1. The molecule has 0 aromatic carbocycles. The predicted molar refractivity (Wildman–Crippen MR) is 59.3 cm³/mol. The zero-order valence-electron chi connectivity index (χ0n) is 10.1. The monoisotopic (exact) mass is 231 g/mol. The van der Waals surface area contributed by atoms with E-state index in [9.17, 15) is 9.90 Å². The maximum absolute atomic E-state index is 10.8. The summed E-state index contributed by atoms with van der Waals surface area (Å²) in [6.07, 6.45) is 1.09. The highest BCUT2D eigenvalue weighted by atomic mass is 16.5. The molecule has 0 aliphatic carbocycles. The maximum Gasteiger partial charge on any atom is 0.336 e. The minimum Gasteiger partial charge on any atom is -0.479 e. The Bertz CT molecular complexity index is 254. The molecule has 0 radical (unpaired) electrons. The summed E-state index contributed by atoms with van der Waals surface area (Å²) in [6.45, 7) is 5.09. The summed E-state index contributed by atoms with van der Waals surface area (Å²) in [5.74, 6) is -0.698. The van der Waals surface area contributed by atoms with E-state index in [1.54, 1.807) is 7.11 Å². The minimum absolute atomic E-state index is 0.123.